The standard InChI is InChI=1S/C29H33Cl2N3O4S/c1-4-18-32-29(36)26(5-2)33(19-22-10-6-7-11-24(22)30)28(35)20-34(27-13-9-8-12-25(27)31)39(37,38)23-16-14-21(3)15-17-23/h6-17,26H,4-5,18-20H2,1-3H3,(H,32,36)/t26-/m0/s1. The Morgan fingerprint density at radius 3 is 2.10 bits per heavy atom. The molecule has 2 amide bonds. The van der Waals surface area contributed by atoms with Crippen molar-refractivity contribution in [1.82, 2.24) is 10.2 Å². The molecule has 0 aliphatic carbocycles. The summed E-state index contributed by atoms with van der Waals surface area (Å²) >= 11 is 12.8. The maximum atomic E-state index is 14.0. The average Bonchev–Trinajstić information content (AvgIpc) is 2.92. The largest absolute Gasteiger partial charge is 0.354 e. The lowest BCUT2D eigenvalue weighted by Crippen LogP contribution is -2.52. The van der Waals surface area contributed by atoms with Gasteiger partial charge in [0.2, 0.25) is 11.8 Å². The normalized spacial score (nSPS) is 12.0. The number of amides is 2. The molecule has 0 aromatic heterocycles. The summed E-state index contributed by atoms with van der Waals surface area (Å²) in [5, 5.41) is 3.47. The second kappa shape index (κ2) is 13.8. The number of sulfonamides is 1. The number of rotatable bonds is 12. The lowest BCUT2D eigenvalue weighted by atomic mass is 10.1. The number of anilines is 1. The first-order valence-electron chi connectivity index (χ1n) is 12.7. The van der Waals surface area contributed by atoms with E-state index in [9.17, 15) is 18.0 Å². The summed E-state index contributed by atoms with van der Waals surface area (Å²) in [4.78, 5) is 28.6. The molecular formula is C29H33Cl2N3O4S. The van der Waals surface area contributed by atoms with E-state index in [1.807, 2.05) is 13.8 Å². The lowest BCUT2D eigenvalue weighted by molar-refractivity contribution is -0.140. The molecule has 0 spiro atoms. The molecule has 1 N–H and O–H groups in total. The zero-order chi connectivity index (χ0) is 28.6. The van der Waals surface area contributed by atoms with Gasteiger partial charge in [-0.2, -0.15) is 0 Å². The highest BCUT2D eigenvalue weighted by Gasteiger charge is 2.34. The van der Waals surface area contributed by atoms with Crippen LogP contribution in [0.2, 0.25) is 10.0 Å². The quantitative estimate of drug-likeness (QED) is 0.288. The number of nitrogens with one attached hydrogen (secondary N) is 1. The Morgan fingerprint density at radius 1 is 0.897 bits per heavy atom. The van der Waals surface area contributed by atoms with Crippen molar-refractivity contribution in [2.75, 3.05) is 17.4 Å². The number of carbonyl (C=O) groups excluding carboxylic acids is 2. The summed E-state index contributed by atoms with van der Waals surface area (Å²) in [5.74, 6) is -0.880. The van der Waals surface area contributed by atoms with Crippen molar-refractivity contribution in [3.8, 4) is 0 Å². The number of carbonyl (C=O) groups is 2. The van der Waals surface area contributed by atoms with Crippen molar-refractivity contribution in [2.45, 2.75) is 51.1 Å². The zero-order valence-corrected chi connectivity index (χ0v) is 24.6. The molecule has 0 fully saturated rings. The van der Waals surface area contributed by atoms with Crippen LogP contribution in [0.4, 0.5) is 5.69 Å². The van der Waals surface area contributed by atoms with Crippen LogP contribution in [0.25, 0.3) is 0 Å². The highest BCUT2D eigenvalue weighted by atomic mass is 35.5. The molecule has 0 saturated heterocycles. The van der Waals surface area contributed by atoms with Crippen LogP contribution in [0.15, 0.2) is 77.7 Å². The summed E-state index contributed by atoms with van der Waals surface area (Å²) < 4.78 is 28.8. The van der Waals surface area contributed by atoms with Crippen LogP contribution in [-0.4, -0.2) is 44.3 Å². The van der Waals surface area contributed by atoms with Crippen LogP contribution in [0.1, 0.15) is 37.8 Å². The molecule has 208 valence electrons. The number of hydrogen-bond acceptors (Lipinski definition) is 4. The van der Waals surface area contributed by atoms with Crippen LogP contribution in [-0.2, 0) is 26.2 Å². The predicted molar refractivity (Wildman–Crippen MR) is 157 cm³/mol. The summed E-state index contributed by atoms with van der Waals surface area (Å²) in [6.45, 7) is 5.51. The molecule has 0 aliphatic heterocycles. The molecule has 10 heteroatoms. The lowest BCUT2D eigenvalue weighted by Gasteiger charge is -2.33. The third kappa shape index (κ3) is 7.53. The maximum Gasteiger partial charge on any atom is 0.264 e. The fraction of sp³-hybridized carbons (Fsp3) is 0.310. The van der Waals surface area contributed by atoms with E-state index in [0.717, 1.165) is 16.3 Å². The highest BCUT2D eigenvalue weighted by Crippen LogP contribution is 2.31. The molecule has 0 radical (unpaired) electrons. The van der Waals surface area contributed by atoms with Crippen molar-refractivity contribution in [3.05, 3.63) is 94.0 Å². The molecule has 3 aromatic rings. The van der Waals surface area contributed by atoms with Crippen molar-refractivity contribution in [1.29, 1.82) is 0 Å². The third-order valence-corrected chi connectivity index (χ3v) is 8.70. The SMILES string of the molecule is CCCNC(=O)[C@H](CC)N(Cc1ccccc1Cl)C(=O)CN(c1ccccc1Cl)S(=O)(=O)c1ccc(C)cc1. The number of para-hydroxylation sites is 1. The van der Waals surface area contributed by atoms with Crippen LogP contribution in [0, 0.1) is 6.92 Å². The second-order valence-electron chi connectivity index (χ2n) is 9.10. The number of hydrogen-bond donors (Lipinski definition) is 1. The van der Waals surface area contributed by atoms with Gasteiger partial charge >= 0.3 is 0 Å². The van der Waals surface area contributed by atoms with E-state index in [1.54, 1.807) is 67.6 Å². The molecule has 39 heavy (non-hydrogen) atoms. The minimum absolute atomic E-state index is 0.0196. The number of halogens is 2. The smallest absolute Gasteiger partial charge is 0.264 e. The monoisotopic (exact) mass is 589 g/mol. The van der Waals surface area contributed by atoms with Crippen molar-refractivity contribution in [2.24, 2.45) is 0 Å². The number of aryl methyl sites for hydroxylation is 1. The van der Waals surface area contributed by atoms with E-state index in [-0.39, 0.29) is 28.1 Å². The van der Waals surface area contributed by atoms with Gasteiger partial charge in [0.15, 0.2) is 0 Å². The molecule has 0 unspecified atom stereocenters. The van der Waals surface area contributed by atoms with Gasteiger partial charge in [-0.15, -0.1) is 0 Å². The van der Waals surface area contributed by atoms with Gasteiger partial charge in [0.25, 0.3) is 10.0 Å². The molecule has 0 saturated carbocycles. The van der Waals surface area contributed by atoms with E-state index in [4.69, 9.17) is 23.2 Å². The van der Waals surface area contributed by atoms with Gasteiger partial charge in [-0.3, -0.25) is 13.9 Å². The number of benzene rings is 3. The highest BCUT2D eigenvalue weighted by molar-refractivity contribution is 7.92. The third-order valence-electron chi connectivity index (χ3n) is 6.24. The van der Waals surface area contributed by atoms with Crippen molar-refractivity contribution >= 4 is 50.7 Å². The number of nitrogens with zero attached hydrogens (tertiary/aromatic N) is 2. The average molecular weight is 591 g/mol. The van der Waals surface area contributed by atoms with E-state index in [0.29, 0.717) is 23.6 Å². The van der Waals surface area contributed by atoms with Crippen LogP contribution in [0.3, 0.4) is 0 Å². The minimum atomic E-state index is -4.20. The molecule has 7 nitrogen and oxygen atoms in total. The summed E-state index contributed by atoms with van der Waals surface area (Å²) in [6, 6.07) is 19.0. The van der Waals surface area contributed by atoms with Gasteiger partial charge in [0.1, 0.15) is 12.6 Å². The first kappa shape index (κ1) is 30.5. The van der Waals surface area contributed by atoms with Crippen LogP contribution >= 0.6 is 23.2 Å². The Labute approximate surface area is 240 Å². The van der Waals surface area contributed by atoms with Gasteiger partial charge in [-0.25, -0.2) is 8.42 Å². The van der Waals surface area contributed by atoms with Crippen molar-refractivity contribution < 1.29 is 18.0 Å². The molecular weight excluding hydrogens is 557 g/mol. The Bertz CT molecular complexity index is 1400. The Kier molecular flexibility index (Phi) is 10.8. The van der Waals surface area contributed by atoms with Crippen LogP contribution < -0.4 is 9.62 Å². The summed E-state index contributed by atoms with van der Waals surface area (Å²) in [6.07, 6.45) is 1.05. The first-order chi connectivity index (χ1) is 18.6. The summed E-state index contributed by atoms with van der Waals surface area (Å²) in [5.41, 5.74) is 1.69. The van der Waals surface area contributed by atoms with Crippen LogP contribution in [0.5, 0.6) is 0 Å². The molecule has 3 aromatic carbocycles. The van der Waals surface area contributed by atoms with Gasteiger partial charge in [0.05, 0.1) is 15.6 Å². The van der Waals surface area contributed by atoms with E-state index < -0.39 is 28.5 Å². The van der Waals surface area contributed by atoms with Crippen molar-refractivity contribution in [3.63, 3.8) is 0 Å². The van der Waals surface area contributed by atoms with E-state index in [1.165, 1.54) is 17.0 Å². The van der Waals surface area contributed by atoms with E-state index >= 15 is 0 Å². The molecule has 3 rings (SSSR count). The topological polar surface area (TPSA) is 86.8 Å². The zero-order valence-electron chi connectivity index (χ0n) is 22.2. The first-order valence-corrected chi connectivity index (χ1v) is 14.9. The fourth-order valence-electron chi connectivity index (χ4n) is 4.10. The maximum absolute atomic E-state index is 14.0. The minimum Gasteiger partial charge on any atom is -0.354 e. The van der Waals surface area contributed by atoms with Gasteiger partial charge < -0.3 is 10.2 Å². The van der Waals surface area contributed by atoms with Gasteiger partial charge in [0, 0.05) is 18.1 Å². The predicted octanol–water partition coefficient (Wildman–Crippen LogP) is 5.83. The Hall–Kier alpha value is -3.07. The van der Waals surface area contributed by atoms with E-state index in [2.05, 4.69) is 5.32 Å². The molecule has 0 aliphatic rings. The Morgan fingerprint density at radius 2 is 1.51 bits per heavy atom. The van der Waals surface area contributed by atoms with Gasteiger partial charge in [-0.05, 0) is 55.7 Å². The van der Waals surface area contributed by atoms with Gasteiger partial charge in [-0.1, -0.05) is 85.1 Å². The fourth-order valence-corrected chi connectivity index (χ4v) is 6.02. The molecule has 0 heterocycles. The molecule has 1 atom stereocenters. The Balaban J connectivity index is 2.07. The molecule has 0 bridgehead atoms. The summed E-state index contributed by atoms with van der Waals surface area (Å²) in [7, 11) is -4.20. The second-order valence-corrected chi connectivity index (χ2v) is 11.8.